The van der Waals surface area contributed by atoms with Crippen LogP contribution in [0.2, 0.25) is 0 Å². The van der Waals surface area contributed by atoms with Gasteiger partial charge in [0, 0.05) is 22.7 Å². The summed E-state index contributed by atoms with van der Waals surface area (Å²) in [5, 5.41) is 16.0. The van der Waals surface area contributed by atoms with Crippen molar-refractivity contribution in [2.24, 2.45) is 17.8 Å². The van der Waals surface area contributed by atoms with Crippen molar-refractivity contribution in [2.45, 2.75) is 80.4 Å². The van der Waals surface area contributed by atoms with E-state index in [9.17, 15) is 19.5 Å². The molecule has 30 heavy (non-hydrogen) atoms. The van der Waals surface area contributed by atoms with E-state index in [0.717, 1.165) is 6.42 Å². The molecule has 3 rings (SSSR count). The number of nitrogens with zero attached hydrogens (tertiary/aromatic N) is 1. The number of nitrogens with one attached hydrogen (secondary N) is 2. The molecule has 3 unspecified atom stereocenters. The molecule has 170 valence electrons. The average Bonchev–Trinajstić information content (AvgIpc) is 3.23. The van der Waals surface area contributed by atoms with Gasteiger partial charge >= 0.3 is 0 Å². The number of thioether (sulfide) groups is 1. The summed E-state index contributed by atoms with van der Waals surface area (Å²) in [6, 6.07) is -1.23. The number of halogens is 1. The lowest BCUT2D eigenvalue weighted by Crippen LogP contribution is -2.58. The smallest absolute Gasteiger partial charge is 0.244 e. The van der Waals surface area contributed by atoms with E-state index in [1.54, 1.807) is 16.7 Å². The van der Waals surface area contributed by atoms with Gasteiger partial charge in [0.2, 0.25) is 17.7 Å². The van der Waals surface area contributed by atoms with Gasteiger partial charge in [0.15, 0.2) is 0 Å². The van der Waals surface area contributed by atoms with E-state index in [0.29, 0.717) is 13.0 Å². The maximum absolute atomic E-state index is 13.8. The number of fused-ring (bicyclic) bond motifs is 1. The highest BCUT2D eigenvalue weighted by Crippen LogP contribution is 2.68. The molecule has 3 N–H and O–H groups in total. The van der Waals surface area contributed by atoms with Crippen LogP contribution in [0.25, 0.3) is 0 Å². The minimum Gasteiger partial charge on any atom is -0.394 e. The maximum atomic E-state index is 13.8. The number of aliphatic hydroxyl groups is 1. The van der Waals surface area contributed by atoms with Gasteiger partial charge in [-0.25, -0.2) is 0 Å². The van der Waals surface area contributed by atoms with Crippen LogP contribution in [0.5, 0.6) is 0 Å². The predicted molar refractivity (Wildman–Crippen MR) is 121 cm³/mol. The number of likely N-dealkylation sites (tertiary alicyclic amines) is 1. The van der Waals surface area contributed by atoms with Crippen molar-refractivity contribution in [3.05, 3.63) is 0 Å². The molecule has 3 amide bonds. The van der Waals surface area contributed by atoms with Crippen LogP contribution >= 0.6 is 27.7 Å². The number of rotatable bonds is 8. The van der Waals surface area contributed by atoms with Gasteiger partial charge in [-0.3, -0.25) is 14.4 Å². The van der Waals surface area contributed by atoms with E-state index in [4.69, 9.17) is 0 Å². The van der Waals surface area contributed by atoms with Gasteiger partial charge in [0.25, 0.3) is 0 Å². The zero-order valence-corrected chi connectivity index (χ0v) is 20.8. The molecule has 0 radical (unpaired) electrons. The van der Waals surface area contributed by atoms with Crippen LogP contribution in [0.4, 0.5) is 0 Å². The highest BCUT2D eigenvalue weighted by atomic mass is 79.9. The van der Waals surface area contributed by atoms with E-state index < -0.39 is 28.7 Å². The molecule has 1 spiro atoms. The molecule has 3 aliphatic rings. The van der Waals surface area contributed by atoms with Gasteiger partial charge in [0.05, 0.1) is 29.2 Å². The Balaban J connectivity index is 2.07. The van der Waals surface area contributed by atoms with Crippen LogP contribution in [-0.2, 0) is 14.4 Å². The van der Waals surface area contributed by atoms with Crippen molar-refractivity contribution >= 4 is 45.4 Å². The highest BCUT2D eigenvalue weighted by molar-refractivity contribution is 9.09. The average molecular weight is 504 g/mol. The number of hydrogen-bond acceptors (Lipinski definition) is 5. The molecule has 3 saturated heterocycles. The van der Waals surface area contributed by atoms with Crippen LogP contribution in [0.1, 0.15) is 47.5 Å². The summed E-state index contributed by atoms with van der Waals surface area (Å²) >= 11 is 5.37. The summed E-state index contributed by atoms with van der Waals surface area (Å²) in [5.74, 6) is -1.50. The van der Waals surface area contributed by atoms with Gasteiger partial charge in [-0.2, -0.15) is 0 Å². The lowest BCUT2D eigenvalue weighted by Gasteiger charge is -2.39. The van der Waals surface area contributed by atoms with Gasteiger partial charge < -0.3 is 20.6 Å². The molecular weight excluding hydrogens is 470 g/mol. The van der Waals surface area contributed by atoms with Crippen molar-refractivity contribution in [1.29, 1.82) is 0 Å². The first-order valence-electron chi connectivity index (χ1n) is 10.9. The summed E-state index contributed by atoms with van der Waals surface area (Å²) in [6.07, 6.45) is 1.47. The molecule has 3 heterocycles. The van der Waals surface area contributed by atoms with Gasteiger partial charge in [0.1, 0.15) is 6.04 Å². The Kier molecular flexibility index (Phi) is 7.14. The van der Waals surface area contributed by atoms with Crippen molar-refractivity contribution in [3.8, 4) is 0 Å². The van der Waals surface area contributed by atoms with Gasteiger partial charge in [-0.1, -0.05) is 36.7 Å². The zero-order valence-electron chi connectivity index (χ0n) is 18.4. The first-order chi connectivity index (χ1) is 14.1. The molecule has 0 aromatic carbocycles. The van der Waals surface area contributed by atoms with E-state index >= 15 is 0 Å². The third kappa shape index (κ3) is 3.68. The quantitative estimate of drug-likeness (QED) is 0.436. The molecule has 2 bridgehead atoms. The first-order valence-corrected chi connectivity index (χ1v) is 12.7. The highest BCUT2D eigenvalue weighted by Gasteiger charge is 2.76. The lowest BCUT2D eigenvalue weighted by atomic mass is 9.70. The fourth-order valence-corrected chi connectivity index (χ4v) is 8.97. The second kappa shape index (κ2) is 8.98. The van der Waals surface area contributed by atoms with Crippen molar-refractivity contribution in [3.63, 3.8) is 0 Å². The van der Waals surface area contributed by atoms with Gasteiger partial charge in [-0.15, -0.1) is 11.8 Å². The summed E-state index contributed by atoms with van der Waals surface area (Å²) in [4.78, 5) is 42.0. The van der Waals surface area contributed by atoms with Gasteiger partial charge in [-0.05, 0) is 32.6 Å². The summed E-state index contributed by atoms with van der Waals surface area (Å²) in [5.41, 5.74) is 0. The fourth-order valence-electron chi connectivity index (χ4n) is 5.37. The zero-order chi connectivity index (χ0) is 22.4. The molecule has 0 aliphatic carbocycles. The fraction of sp³-hybridized carbons (Fsp3) is 0.857. The van der Waals surface area contributed by atoms with E-state index in [1.165, 1.54) is 0 Å². The molecule has 3 aliphatic heterocycles. The molecule has 7 nitrogen and oxygen atoms in total. The molecule has 0 saturated carbocycles. The Hall–Kier alpha value is -0.800. The molecule has 3 fully saturated rings. The SMILES string of the molecule is CCCNC(=O)[C@H]1[C@@H]2SC3(CC2Br)C(C(=O)NC(C)C)N([C@@H](CO)C(C)C)C(=O)[C@H]13. The van der Waals surface area contributed by atoms with E-state index in [1.807, 2.05) is 34.6 Å². The monoisotopic (exact) mass is 503 g/mol. The third-order valence-electron chi connectivity index (χ3n) is 6.57. The minimum atomic E-state index is -0.698. The number of alkyl halides is 1. The van der Waals surface area contributed by atoms with Crippen LogP contribution in [0.15, 0.2) is 0 Å². The Labute approximate surface area is 191 Å². The Morgan fingerprint density at radius 3 is 2.50 bits per heavy atom. The van der Waals surface area contributed by atoms with Crippen molar-refractivity contribution < 1.29 is 19.5 Å². The lowest BCUT2D eigenvalue weighted by molar-refractivity contribution is -0.143. The van der Waals surface area contributed by atoms with Crippen molar-refractivity contribution in [2.75, 3.05) is 13.2 Å². The number of aliphatic hydroxyl groups excluding tert-OH is 1. The summed E-state index contributed by atoms with van der Waals surface area (Å²) in [6.45, 7) is 10.0. The number of amides is 3. The molecule has 9 heteroatoms. The van der Waals surface area contributed by atoms with Crippen LogP contribution in [0, 0.1) is 17.8 Å². The topological polar surface area (TPSA) is 98.7 Å². The number of carbonyl (C=O) groups is 3. The van der Waals surface area contributed by atoms with Crippen molar-refractivity contribution in [1.82, 2.24) is 15.5 Å². The first kappa shape index (κ1) is 23.9. The molecule has 7 atom stereocenters. The molecule has 0 aromatic heterocycles. The largest absolute Gasteiger partial charge is 0.394 e. The Bertz CT molecular complexity index is 706. The maximum Gasteiger partial charge on any atom is 0.244 e. The molecular formula is C21H34BrN3O4S. The minimum absolute atomic E-state index is 0.0159. The third-order valence-corrected chi connectivity index (χ3v) is 9.79. The second-order valence-corrected chi connectivity index (χ2v) is 12.1. The second-order valence-electron chi connectivity index (χ2n) is 9.36. The predicted octanol–water partition coefficient (Wildman–Crippen LogP) is 1.52. The van der Waals surface area contributed by atoms with E-state index in [2.05, 4.69) is 26.6 Å². The summed E-state index contributed by atoms with van der Waals surface area (Å²) in [7, 11) is 0. The van der Waals surface area contributed by atoms with Crippen LogP contribution < -0.4 is 10.6 Å². The van der Waals surface area contributed by atoms with E-state index in [-0.39, 0.29) is 46.4 Å². The number of carbonyl (C=O) groups excluding carboxylic acids is 3. The standard InChI is InChI=1S/C21H34BrN3O4S/c1-6-7-23-18(27)14-15-20(29)25(13(9-26)10(2)3)17(19(28)24-11(4)5)21(15)8-12(22)16(14)30-21/h10-17,26H,6-9H2,1-5H3,(H,23,27)(H,24,28)/t12?,13-,14+,15-,16+,17?,21?/m0/s1. The summed E-state index contributed by atoms with van der Waals surface area (Å²) < 4.78 is -0.661. The number of hydrogen-bond donors (Lipinski definition) is 3. The normalized spacial score (nSPS) is 35.8. The Morgan fingerprint density at radius 2 is 1.97 bits per heavy atom. The van der Waals surface area contributed by atoms with Crippen LogP contribution in [-0.4, -0.2) is 73.8 Å². The molecule has 0 aromatic rings. The van der Waals surface area contributed by atoms with Crippen LogP contribution in [0.3, 0.4) is 0 Å². The Morgan fingerprint density at radius 1 is 1.30 bits per heavy atom.